The van der Waals surface area contributed by atoms with Gasteiger partial charge in [-0.3, -0.25) is 4.79 Å². The van der Waals surface area contributed by atoms with E-state index in [1.54, 1.807) is 55.6 Å². The fourth-order valence-corrected chi connectivity index (χ4v) is 2.41. The number of methoxy groups -OCH3 is 1. The van der Waals surface area contributed by atoms with Crippen LogP contribution in [0.5, 0.6) is 11.5 Å². The first-order chi connectivity index (χ1) is 13.0. The minimum atomic E-state index is -0.477. The van der Waals surface area contributed by atoms with Gasteiger partial charge >= 0.3 is 5.97 Å². The van der Waals surface area contributed by atoms with Gasteiger partial charge in [0.1, 0.15) is 11.5 Å². The van der Waals surface area contributed by atoms with Crippen LogP contribution < -0.4 is 14.8 Å². The highest BCUT2D eigenvalue weighted by atomic mass is 16.5. The minimum Gasteiger partial charge on any atom is -0.497 e. The van der Waals surface area contributed by atoms with Crippen LogP contribution in [0.1, 0.15) is 26.3 Å². The molecule has 0 aliphatic heterocycles. The lowest BCUT2D eigenvalue weighted by molar-refractivity contribution is 0.0734. The van der Waals surface area contributed by atoms with Crippen LogP contribution in [-0.2, 0) is 0 Å². The molecule has 3 rings (SSSR count). The highest BCUT2D eigenvalue weighted by molar-refractivity contribution is 6.04. The molecule has 0 heterocycles. The number of esters is 1. The highest BCUT2D eigenvalue weighted by Gasteiger charge is 2.10. The Morgan fingerprint density at radius 1 is 0.741 bits per heavy atom. The van der Waals surface area contributed by atoms with E-state index in [1.807, 2.05) is 31.2 Å². The summed E-state index contributed by atoms with van der Waals surface area (Å²) in [6.07, 6.45) is 0. The van der Waals surface area contributed by atoms with Gasteiger partial charge in [-0.05, 0) is 67.6 Å². The van der Waals surface area contributed by atoms with Crippen molar-refractivity contribution in [3.05, 3.63) is 89.5 Å². The molecule has 136 valence electrons. The molecule has 0 aromatic heterocycles. The Bertz CT molecular complexity index is 930. The number of benzene rings is 3. The second kappa shape index (κ2) is 8.19. The standard InChI is InChI=1S/C22H19NO4/c1-15-3-9-18(10-4-15)23-21(24)16-5-13-20(14-6-16)27-22(25)17-7-11-19(26-2)12-8-17/h3-14H,1-2H3,(H,23,24). The van der Waals surface area contributed by atoms with E-state index >= 15 is 0 Å². The second-order valence-electron chi connectivity index (χ2n) is 5.96. The normalized spacial score (nSPS) is 10.1. The van der Waals surface area contributed by atoms with Crippen molar-refractivity contribution in [3.8, 4) is 11.5 Å². The quantitative estimate of drug-likeness (QED) is 0.538. The molecule has 0 aliphatic rings. The van der Waals surface area contributed by atoms with Gasteiger partial charge in [-0.25, -0.2) is 4.79 Å². The van der Waals surface area contributed by atoms with Crippen LogP contribution in [0.3, 0.4) is 0 Å². The van der Waals surface area contributed by atoms with E-state index in [2.05, 4.69) is 5.32 Å². The summed E-state index contributed by atoms with van der Waals surface area (Å²) in [5, 5.41) is 2.82. The number of hydrogen-bond acceptors (Lipinski definition) is 4. The maximum Gasteiger partial charge on any atom is 0.343 e. The van der Waals surface area contributed by atoms with Crippen molar-refractivity contribution >= 4 is 17.6 Å². The lowest BCUT2D eigenvalue weighted by Gasteiger charge is -2.08. The van der Waals surface area contributed by atoms with Gasteiger partial charge in [0.2, 0.25) is 0 Å². The van der Waals surface area contributed by atoms with Gasteiger partial charge in [0, 0.05) is 11.3 Å². The number of nitrogens with one attached hydrogen (secondary N) is 1. The van der Waals surface area contributed by atoms with Gasteiger partial charge in [0.05, 0.1) is 12.7 Å². The predicted octanol–water partition coefficient (Wildman–Crippen LogP) is 4.48. The Morgan fingerprint density at radius 2 is 1.30 bits per heavy atom. The van der Waals surface area contributed by atoms with Crippen LogP contribution in [0.15, 0.2) is 72.8 Å². The molecule has 3 aromatic rings. The molecule has 0 bridgehead atoms. The van der Waals surface area contributed by atoms with Crippen molar-refractivity contribution in [2.75, 3.05) is 12.4 Å². The van der Waals surface area contributed by atoms with Crippen LogP contribution >= 0.6 is 0 Å². The maximum atomic E-state index is 12.3. The molecule has 0 unspecified atom stereocenters. The molecule has 0 saturated carbocycles. The largest absolute Gasteiger partial charge is 0.497 e. The summed E-state index contributed by atoms with van der Waals surface area (Å²) >= 11 is 0. The smallest absolute Gasteiger partial charge is 0.343 e. The number of carbonyl (C=O) groups excluding carboxylic acids is 2. The summed E-state index contributed by atoms with van der Waals surface area (Å²) in [6.45, 7) is 1.98. The van der Waals surface area contributed by atoms with Gasteiger partial charge in [0.15, 0.2) is 0 Å². The zero-order chi connectivity index (χ0) is 19.2. The zero-order valence-electron chi connectivity index (χ0n) is 15.1. The van der Waals surface area contributed by atoms with Crippen molar-refractivity contribution in [1.82, 2.24) is 0 Å². The molecule has 0 aliphatic carbocycles. The summed E-state index contributed by atoms with van der Waals surface area (Å²) in [5.74, 6) is 0.319. The zero-order valence-corrected chi connectivity index (χ0v) is 15.1. The number of rotatable bonds is 5. The van der Waals surface area contributed by atoms with Gasteiger partial charge in [-0.2, -0.15) is 0 Å². The average molecular weight is 361 g/mol. The molecule has 0 fully saturated rings. The van der Waals surface area contributed by atoms with Gasteiger partial charge in [0.25, 0.3) is 5.91 Å². The Hall–Kier alpha value is -3.60. The van der Waals surface area contributed by atoms with Crippen molar-refractivity contribution in [1.29, 1.82) is 0 Å². The fourth-order valence-electron chi connectivity index (χ4n) is 2.41. The maximum absolute atomic E-state index is 12.3. The van der Waals surface area contributed by atoms with Crippen LogP contribution in [0.25, 0.3) is 0 Å². The molecule has 0 saturated heterocycles. The molecule has 0 radical (unpaired) electrons. The Labute approximate surface area is 157 Å². The molecule has 5 heteroatoms. The third-order valence-corrected chi connectivity index (χ3v) is 3.96. The predicted molar refractivity (Wildman–Crippen MR) is 104 cm³/mol. The Kier molecular flexibility index (Phi) is 5.52. The summed E-state index contributed by atoms with van der Waals surface area (Å²) in [7, 11) is 1.56. The highest BCUT2D eigenvalue weighted by Crippen LogP contribution is 2.17. The first-order valence-electron chi connectivity index (χ1n) is 8.39. The monoisotopic (exact) mass is 361 g/mol. The van der Waals surface area contributed by atoms with E-state index in [0.29, 0.717) is 22.6 Å². The van der Waals surface area contributed by atoms with Crippen molar-refractivity contribution in [2.24, 2.45) is 0 Å². The molecule has 0 spiro atoms. The van der Waals surface area contributed by atoms with E-state index in [4.69, 9.17) is 9.47 Å². The van der Waals surface area contributed by atoms with Crippen molar-refractivity contribution < 1.29 is 19.1 Å². The second-order valence-corrected chi connectivity index (χ2v) is 5.96. The Balaban J connectivity index is 1.62. The number of ether oxygens (including phenoxy) is 2. The van der Waals surface area contributed by atoms with Gasteiger partial charge in [-0.15, -0.1) is 0 Å². The van der Waals surface area contributed by atoms with Crippen molar-refractivity contribution in [3.63, 3.8) is 0 Å². The van der Waals surface area contributed by atoms with Crippen molar-refractivity contribution in [2.45, 2.75) is 6.92 Å². The van der Waals surface area contributed by atoms with Crippen LogP contribution in [-0.4, -0.2) is 19.0 Å². The lowest BCUT2D eigenvalue weighted by atomic mass is 10.2. The number of aryl methyl sites for hydroxylation is 1. The number of hydrogen-bond donors (Lipinski definition) is 1. The first-order valence-corrected chi connectivity index (χ1v) is 8.39. The molecule has 27 heavy (non-hydrogen) atoms. The average Bonchev–Trinajstić information content (AvgIpc) is 2.70. The molecular formula is C22H19NO4. The van der Waals surface area contributed by atoms with Crippen LogP contribution in [0.4, 0.5) is 5.69 Å². The molecule has 1 N–H and O–H groups in total. The van der Waals surface area contributed by atoms with Crippen LogP contribution in [0.2, 0.25) is 0 Å². The molecule has 3 aromatic carbocycles. The molecule has 0 atom stereocenters. The van der Waals surface area contributed by atoms with E-state index in [9.17, 15) is 9.59 Å². The summed E-state index contributed by atoms with van der Waals surface area (Å²) in [6, 6.07) is 20.6. The molecular weight excluding hydrogens is 342 g/mol. The number of amides is 1. The SMILES string of the molecule is COc1ccc(C(=O)Oc2ccc(C(=O)Nc3ccc(C)cc3)cc2)cc1. The summed E-state index contributed by atoms with van der Waals surface area (Å²) in [4.78, 5) is 24.4. The summed E-state index contributed by atoms with van der Waals surface area (Å²) in [5.41, 5.74) is 2.73. The van der Waals surface area contributed by atoms with E-state index in [-0.39, 0.29) is 5.91 Å². The third-order valence-electron chi connectivity index (χ3n) is 3.96. The number of carbonyl (C=O) groups is 2. The molecule has 1 amide bonds. The summed E-state index contributed by atoms with van der Waals surface area (Å²) < 4.78 is 10.4. The lowest BCUT2D eigenvalue weighted by Crippen LogP contribution is -2.12. The van der Waals surface area contributed by atoms with Gasteiger partial charge < -0.3 is 14.8 Å². The minimum absolute atomic E-state index is 0.230. The first kappa shape index (κ1) is 18.2. The third kappa shape index (κ3) is 4.73. The van der Waals surface area contributed by atoms with E-state index < -0.39 is 5.97 Å². The topological polar surface area (TPSA) is 64.6 Å². The van der Waals surface area contributed by atoms with Crippen LogP contribution in [0, 0.1) is 6.92 Å². The van der Waals surface area contributed by atoms with Gasteiger partial charge in [-0.1, -0.05) is 17.7 Å². The Morgan fingerprint density at radius 3 is 1.89 bits per heavy atom. The van der Waals surface area contributed by atoms with E-state index in [1.165, 1.54) is 0 Å². The molecule has 5 nitrogen and oxygen atoms in total. The fraction of sp³-hybridized carbons (Fsp3) is 0.0909. The number of anilines is 1. The van der Waals surface area contributed by atoms with E-state index in [0.717, 1.165) is 11.3 Å².